The van der Waals surface area contributed by atoms with Crippen molar-refractivity contribution in [2.24, 2.45) is 35.5 Å². The zero-order valence-corrected chi connectivity index (χ0v) is 21.8. The number of hydrogen-bond donors (Lipinski definition) is 0. The molecule has 29 heavy (non-hydrogen) atoms. The van der Waals surface area contributed by atoms with Gasteiger partial charge in [0.2, 0.25) is 0 Å². The predicted octanol–water partition coefficient (Wildman–Crippen LogP) is 9.78. The van der Waals surface area contributed by atoms with Gasteiger partial charge in [-0.25, -0.2) is 0 Å². The van der Waals surface area contributed by atoms with E-state index in [0.717, 1.165) is 17.8 Å². The number of rotatable bonds is 3. The van der Waals surface area contributed by atoms with Gasteiger partial charge in [0.05, 0.1) is 0 Å². The molecular formula is C29H52. The van der Waals surface area contributed by atoms with Gasteiger partial charge in [-0.05, 0) is 74.0 Å². The first-order valence-electron chi connectivity index (χ1n) is 13.0. The van der Waals surface area contributed by atoms with E-state index in [1.165, 1.54) is 38.5 Å². The molecule has 168 valence electrons. The van der Waals surface area contributed by atoms with E-state index < -0.39 is 0 Å². The van der Waals surface area contributed by atoms with Gasteiger partial charge in [-0.15, -0.1) is 0 Å². The van der Waals surface area contributed by atoms with Crippen molar-refractivity contribution in [2.45, 2.75) is 115 Å². The lowest BCUT2D eigenvalue weighted by atomic mass is 9.60. The van der Waals surface area contributed by atoms with E-state index in [0.29, 0.717) is 17.8 Å². The summed E-state index contributed by atoms with van der Waals surface area (Å²) in [6.07, 6.45) is 10.7. The molecule has 3 aliphatic rings. The van der Waals surface area contributed by atoms with Crippen molar-refractivity contribution >= 4 is 0 Å². The zero-order valence-electron chi connectivity index (χ0n) is 21.8. The van der Waals surface area contributed by atoms with Crippen molar-refractivity contribution in [2.75, 3.05) is 0 Å². The molecule has 6 unspecified atom stereocenters. The minimum Gasteiger partial charge on any atom is -0.0845 e. The lowest BCUT2D eigenvalue weighted by Gasteiger charge is -2.45. The minimum absolute atomic E-state index is 0.640. The maximum atomic E-state index is 2.59. The SMILES string of the molecule is CC.CC.CCC1=C(C(C)C2=CCCCC2C)C(C)C2=C(C(C)CCC2C)C1C. The van der Waals surface area contributed by atoms with Crippen LogP contribution in [0.25, 0.3) is 0 Å². The molecule has 0 aromatic heterocycles. The van der Waals surface area contributed by atoms with E-state index in [1.54, 1.807) is 16.7 Å². The molecule has 0 radical (unpaired) electrons. The van der Waals surface area contributed by atoms with Gasteiger partial charge >= 0.3 is 0 Å². The Hall–Kier alpha value is -0.780. The van der Waals surface area contributed by atoms with Crippen molar-refractivity contribution in [1.82, 2.24) is 0 Å². The molecule has 0 aromatic carbocycles. The largest absolute Gasteiger partial charge is 0.0845 e. The van der Waals surface area contributed by atoms with E-state index in [1.807, 2.05) is 38.8 Å². The van der Waals surface area contributed by atoms with Crippen LogP contribution < -0.4 is 0 Å². The molecule has 0 amide bonds. The highest BCUT2D eigenvalue weighted by atomic mass is 14.4. The first-order valence-corrected chi connectivity index (χ1v) is 13.0. The molecule has 3 aliphatic carbocycles. The van der Waals surface area contributed by atoms with Crippen LogP contribution in [0.15, 0.2) is 33.9 Å². The lowest BCUT2D eigenvalue weighted by Crippen LogP contribution is -2.33. The monoisotopic (exact) mass is 400 g/mol. The van der Waals surface area contributed by atoms with Crippen LogP contribution in [0.1, 0.15) is 115 Å². The maximum Gasteiger partial charge on any atom is -0.000697 e. The first-order chi connectivity index (χ1) is 13.9. The quantitative estimate of drug-likeness (QED) is 0.413. The second-order valence-corrected chi connectivity index (χ2v) is 9.33. The molecule has 0 fully saturated rings. The number of hydrogen-bond acceptors (Lipinski definition) is 0. The molecule has 0 aromatic rings. The van der Waals surface area contributed by atoms with E-state index >= 15 is 0 Å². The summed E-state index contributed by atoms with van der Waals surface area (Å²) in [5, 5.41) is 0. The van der Waals surface area contributed by atoms with Crippen LogP contribution >= 0.6 is 0 Å². The highest BCUT2D eigenvalue weighted by Gasteiger charge is 2.39. The van der Waals surface area contributed by atoms with Crippen LogP contribution in [-0.2, 0) is 0 Å². The summed E-state index contributed by atoms with van der Waals surface area (Å²) in [5.41, 5.74) is 8.97. The van der Waals surface area contributed by atoms with Crippen LogP contribution in [0.4, 0.5) is 0 Å². The molecule has 0 saturated heterocycles. The van der Waals surface area contributed by atoms with E-state index in [9.17, 15) is 0 Å². The molecule has 0 saturated carbocycles. The normalized spacial score (nSPS) is 32.9. The molecule has 0 N–H and O–H groups in total. The molecule has 6 atom stereocenters. The molecule has 0 heterocycles. The highest BCUT2D eigenvalue weighted by molar-refractivity contribution is 5.45. The van der Waals surface area contributed by atoms with Crippen LogP contribution in [0.5, 0.6) is 0 Å². The predicted molar refractivity (Wildman–Crippen MR) is 133 cm³/mol. The molecule has 0 nitrogen and oxygen atoms in total. The molecule has 0 bridgehead atoms. The van der Waals surface area contributed by atoms with Gasteiger partial charge in [-0.2, -0.15) is 0 Å². The van der Waals surface area contributed by atoms with Crippen molar-refractivity contribution < 1.29 is 0 Å². The standard InChI is InChI=1S/C25H40.2C2H6/c1-8-21-18(5)23-16(3)13-14-17(4)24(23)20(7)25(21)19(6)22-12-10-9-11-15(22)2;2*1-2/h12,15-20H,8-11,13-14H2,1-7H3;2*1-2H3. The van der Waals surface area contributed by atoms with Crippen molar-refractivity contribution in [3.05, 3.63) is 33.9 Å². The highest BCUT2D eigenvalue weighted by Crippen LogP contribution is 2.53. The molecule has 0 heteroatoms. The average molecular weight is 401 g/mol. The van der Waals surface area contributed by atoms with Crippen molar-refractivity contribution in [1.29, 1.82) is 0 Å². The summed E-state index contributed by atoms with van der Waals surface area (Å²) in [5.74, 6) is 4.31. The Morgan fingerprint density at radius 3 is 1.79 bits per heavy atom. The summed E-state index contributed by atoms with van der Waals surface area (Å²) in [4.78, 5) is 0. The average Bonchev–Trinajstić information content (AvgIpc) is 2.74. The summed E-state index contributed by atoms with van der Waals surface area (Å²) in [6, 6.07) is 0. The van der Waals surface area contributed by atoms with Gasteiger partial charge in [-0.3, -0.25) is 0 Å². The smallest absolute Gasteiger partial charge is 0.000697 e. The Balaban J connectivity index is 0.000000989. The topological polar surface area (TPSA) is 0 Å². The summed E-state index contributed by atoms with van der Waals surface area (Å²) in [6.45, 7) is 25.4. The Labute approximate surface area is 184 Å². The Morgan fingerprint density at radius 2 is 1.31 bits per heavy atom. The van der Waals surface area contributed by atoms with E-state index in [4.69, 9.17) is 0 Å². The van der Waals surface area contributed by atoms with Crippen LogP contribution in [-0.4, -0.2) is 0 Å². The van der Waals surface area contributed by atoms with E-state index in [2.05, 4.69) is 54.5 Å². The van der Waals surface area contributed by atoms with Crippen molar-refractivity contribution in [3.8, 4) is 0 Å². The third-order valence-corrected chi connectivity index (χ3v) is 7.86. The Morgan fingerprint density at radius 1 is 0.793 bits per heavy atom. The van der Waals surface area contributed by atoms with E-state index in [-0.39, 0.29) is 0 Å². The van der Waals surface area contributed by atoms with Crippen molar-refractivity contribution in [3.63, 3.8) is 0 Å². The lowest BCUT2D eigenvalue weighted by molar-refractivity contribution is 0.373. The van der Waals surface area contributed by atoms with Gasteiger partial charge in [0.1, 0.15) is 0 Å². The second kappa shape index (κ2) is 12.2. The first kappa shape index (κ1) is 26.3. The third kappa shape index (κ3) is 5.29. The zero-order chi connectivity index (χ0) is 22.3. The molecular weight excluding hydrogens is 348 g/mol. The van der Waals surface area contributed by atoms with Gasteiger partial charge < -0.3 is 0 Å². The van der Waals surface area contributed by atoms with Gasteiger partial charge in [0.25, 0.3) is 0 Å². The summed E-state index contributed by atoms with van der Waals surface area (Å²) < 4.78 is 0. The fourth-order valence-electron chi connectivity index (χ4n) is 6.62. The minimum atomic E-state index is 0.640. The van der Waals surface area contributed by atoms with Gasteiger partial charge in [-0.1, -0.05) is 110 Å². The summed E-state index contributed by atoms with van der Waals surface area (Å²) in [7, 11) is 0. The summed E-state index contributed by atoms with van der Waals surface area (Å²) >= 11 is 0. The van der Waals surface area contributed by atoms with Crippen LogP contribution in [0.3, 0.4) is 0 Å². The second-order valence-electron chi connectivity index (χ2n) is 9.33. The number of allylic oxidation sites excluding steroid dienone is 6. The Kier molecular flexibility index (Phi) is 11.0. The van der Waals surface area contributed by atoms with Gasteiger partial charge in [0, 0.05) is 0 Å². The maximum absolute atomic E-state index is 2.59. The van der Waals surface area contributed by atoms with Gasteiger partial charge in [0.15, 0.2) is 0 Å². The third-order valence-electron chi connectivity index (χ3n) is 7.86. The fourth-order valence-corrected chi connectivity index (χ4v) is 6.62. The Bertz CT molecular complexity index is 600. The van der Waals surface area contributed by atoms with Crippen LogP contribution in [0, 0.1) is 35.5 Å². The molecule has 0 aliphatic heterocycles. The molecule has 0 spiro atoms. The molecule has 3 rings (SSSR count). The van der Waals surface area contributed by atoms with Crippen LogP contribution in [0.2, 0.25) is 0 Å². The fraction of sp³-hybridized carbons (Fsp3) is 0.793.